The molecule has 5 heterocycles. The predicted molar refractivity (Wildman–Crippen MR) is 286 cm³/mol. The van der Waals surface area contributed by atoms with E-state index in [0.29, 0.717) is 143 Å². The average molecular weight is 1110 g/mol. The van der Waals surface area contributed by atoms with E-state index in [2.05, 4.69) is 19.9 Å². The zero-order valence-electron chi connectivity index (χ0n) is 45.4. The monoisotopic (exact) mass is 1110 g/mol. The van der Waals surface area contributed by atoms with Crippen LogP contribution >= 0.6 is 0 Å². The van der Waals surface area contributed by atoms with Crippen molar-refractivity contribution in [1.82, 2.24) is 19.9 Å². The third-order valence-electron chi connectivity index (χ3n) is 15.7. The van der Waals surface area contributed by atoms with Crippen LogP contribution in [0.4, 0.5) is 52.7 Å². The lowest BCUT2D eigenvalue weighted by Gasteiger charge is -2.16. The van der Waals surface area contributed by atoms with Crippen LogP contribution in [0.15, 0.2) is 97.1 Å². The van der Waals surface area contributed by atoms with Crippen LogP contribution in [0.25, 0.3) is 0 Å². The van der Waals surface area contributed by atoms with Crippen LogP contribution in [0.1, 0.15) is 190 Å². The first-order valence-electron chi connectivity index (χ1n) is 27.0. The van der Waals surface area contributed by atoms with Crippen LogP contribution in [-0.2, 0) is 76.1 Å². The van der Waals surface area contributed by atoms with Gasteiger partial charge in [-0.05, 0) is 48.5 Å². The van der Waals surface area contributed by atoms with E-state index in [0.717, 1.165) is 93.0 Å². The van der Waals surface area contributed by atoms with E-state index in [1.165, 1.54) is 48.5 Å². The smallest absolute Gasteiger partial charge is 0.327 e. The van der Waals surface area contributed by atoms with E-state index < -0.39 is 47.0 Å². The molecule has 4 aromatic carbocycles. The van der Waals surface area contributed by atoms with Crippen molar-refractivity contribution in [3.63, 3.8) is 0 Å². The third kappa shape index (κ3) is 10.0. The molecule has 8 aromatic rings. The van der Waals surface area contributed by atoms with Gasteiger partial charge >= 0.3 is 24.7 Å². The predicted octanol–water partition coefficient (Wildman–Crippen LogP) is 18.0. The van der Waals surface area contributed by atoms with Gasteiger partial charge in [0, 0.05) is 99.9 Å². The molecule has 9 rings (SSSR count). The Hall–Kier alpha value is -7.36. The molecule has 416 valence electrons. The van der Waals surface area contributed by atoms with Crippen molar-refractivity contribution in [2.45, 2.75) is 131 Å². The number of aromatic amines is 4. The van der Waals surface area contributed by atoms with E-state index in [9.17, 15) is 52.7 Å². The summed E-state index contributed by atoms with van der Waals surface area (Å²) in [6.45, 7) is 15.6. The number of hydrogen-bond donors (Lipinski definition) is 4. The Balaban J connectivity index is 1.51. The number of nitrogens with one attached hydrogen (secondary N) is 4. The fourth-order valence-corrected chi connectivity index (χ4v) is 12.1. The maximum absolute atomic E-state index is 14.4. The second-order valence-corrected chi connectivity index (χ2v) is 20.0. The highest BCUT2D eigenvalue weighted by atomic mass is 19.4. The highest BCUT2D eigenvalue weighted by molar-refractivity contribution is 5.73. The number of alkyl halides is 12. The van der Waals surface area contributed by atoms with Crippen molar-refractivity contribution in [2.75, 3.05) is 0 Å². The molecule has 0 amide bonds. The zero-order chi connectivity index (χ0) is 58.0. The van der Waals surface area contributed by atoms with E-state index in [-0.39, 0.29) is 0 Å². The molecule has 0 aliphatic carbocycles. The Morgan fingerprint density at radius 3 is 0.463 bits per heavy atom. The molecule has 1 aliphatic rings. The molecule has 4 N–H and O–H groups in total. The first-order chi connectivity index (χ1) is 37.9. The quantitative estimate of drug-likeness (QED) is 0.0696. The van der Waals surface area contributed by atoms with Gasteiger partial charge in [0.25, 0.3) is 0 Å². The second kappa shape index (κ2) is 21.6. The van der Waals surface area contributed by atoms with Crippen LogP contribution in [0, 0.1) is 23.7 Å². The van der Waals surface area contributed by atoms with Crippen molar-refractivity contribution in [3.05, 3.63) is 255 Å². The van der Waals surface area contributed by atoms with Gasteiger partial charge in [0.2, 0.25) is 0 Å². The zero-order valence-corrected chi connectivity index (χ0v) is 45.4. The lowest BCUT2D eigenvalue weighted by Crippen LogP contribution is -2.14. The first kappa shape index (κ1) is 57.3. The topological polar surface area (TPSA) is 63.2 Å². The molecule has 4 aromatic heterocycles. The van der Waals surface area contributed by atoms with Gasteiger partial charge in [-0.15, -0.1) is 0 Å². The maximum atomic E-state index is 14.4. The van der Waals surface area contributed by atoms with Gasteiger partial charge in [-0.3, -0.25) is 0 Å². The summed E-state index contributed by atoms with van der Waals surface area (Å²) in [5, 5.41) is 0. The van der Waals surface area contributed by atoms with Gasteiger partial charge in [0.1, 0.15) is 69.2 Å². The van der Waals surface area contributed by atoms with Gasteiger partial charge < -0.3 is 19.9 Å². The number of fused-ring (bicyclic) bond motifs is 8. The molecule has 16 heteroatoms. The highest BCUT2D eigenvalue weighted by Crippen LogP contribution is 2.50. The molecule has 0 atom stereocenters. The van der Waals surface area contributed by atoms with Gasteiger partial charge in [-0.1, -0.05) is 55.4 Å². The summed E-state index contributed by atoms with van der Waals surface area (Å²) in [7, 11) is 0. The molecule has 1 aliphatic heterocycles. The number of H-pyrrole nitrogens is 4. The number of benzene rings is 4. The minimum atomic E-state index is -4.68. The van der Waals surface area contributed by atoms with Gasteiger partial charge in [-0.2, -0.15) is 52.7 Å². The lowest BCUT2D eigenvalue weighted by atomic mass is 9.82. The molecule has 4 nitrogen and oxygen atoms in total. The fourth-order valence-electron chi connectivity index (χ4n) is 12.1. The van der Waals surface area contributed by atoms with Crippen LogP contribution in [0.5, 0.6) is 0 Å². The summed E-state index contributed by atoms with van der Waals surface area (Å²) >= 11 is 0. The molecule has 8 bridgehead atoms. The molecule has 0 spiro atoms. The van der Waals surface area contributed by atoms with Crippen molar-refractivity contribution in [2.24, 2.45) is 0 Å². The Bertz CT molecular complexity index is 2900. The second-order valence-electron chi connectivity index (χ2n) is 20.0. The van der Waals surface area contributed by atoms with Crippen molar-refractivity contribution >= 4 is 0 Å². The summed E-state index contributed by atoms with van der Waals surface area (Å²) in [5.41, 5.74) is 8.51. The summed E-state index contributed by atoms with van der Waals surface area (Å²) in [6.07, 6.45) is -15.7. The van der Waals surface area contributed by atoms with Gasteiger partial charge in [-0.25, -0.2) is 0 Å². The summed E-state index contributed by atoms with van der Waals surface area (Å²) in [6, 6.07) is 19.4. The fraction of sp³-hybridized carbons (Fsp3) is 0.312. The number of halogens is 12. The van der Waals surface area contributed by atoms with Crippen molar-refractivity contribution in [1.29, 1.82) is 0 Å². The molecule has 0 unspecified atom stereocenters. The molecule has 0 saturated carbocycles. The molecule has 0 radical (unpaired) electrons. The maximum Gasteiger partial charge on any atom is 0.417 e. The van der Waals surface area contributed by atoms with Crippen LogP contribution in [0.3, 0.4) is 0 Å². The Morgan fingerprint density at radius 2 is 0.362 bits per heavy atom. The highest BCUT2D eigenvalue weighted by Gasteiger charge is 2.48. The Morgan fingerprint density at radius 1 is 0.237 bits per heavy atom. The van der Waals surface area contributed by atoms with E-state index in [4.69, 9.17) is 0 Å². The summed E-state index contributed by atoms with van der Waals surface area (Å²) < 4.78 is 173. The summed E-state index contributed by atoms with van der Waals surface area (Å²) in [5.74, 6) is 1.97. The summed E-state index contributed by atoms with van der Waals surface area (Å²) in [4.78, 5) is 15.1. The number of hydrogen-bond acceptors (Lipinski definition) is 0. The molecule has 80 heavy (non-hydrogen) atoms. The lowest BCUT2D eigenvalue weighted by molar-refractivity contribution is -0.138. The van der Waals surface area contributed by atoms with Crippen molar-refractivity contribution in [3.8, 4) is 0 Å². The minimum Gasteiger partial charge on any atom is -0.327 e. The number of rotatable bonds is 12. The Labute approximate surface area is 457 Å². The Kier molecular flexibility index (Phi) is 15.5. The standard InChI is InChI=1S/C64H60F12N4/c1-9-41-42(10-2)54-50(34-19-27-38(28-20-34)62(68,69)70)56-45(13-5)46(14-6)58(79-56)52(36-23-31-40(32-24-36)64(74,75)76)60-48(16-8)47(15-7)59(80-60)51(35-21-29-39(30-22-35)63(71,72)73)57-44(12-4)43(11-3)55(78-57)49(53(41)77-54)33-17-25-37(26-18-33)61(65,66)67/h17-32,77-80H,9-16H2,1-8H3/q+4. The van der Waals surface area contributed by atoms with E-state index in [1.807, 2.05) is 55.4 Å². The molecular weight excluding hydrogens is 1050 g/mol. The molecule has 0 fully saturated rings. The van der Waals surface area contributed by atoms with E-state index in [1.54, 1.807) is 0 Å². The van der Waals surface area contributed by atoms with Gasteiger partial charge in [0.15, 0.2) is 0 Å². The normalized spacial score (nSPS) is 13.6. The third-order valence-corrected chi connectivity index (χ3v) is 15.7. The van der Waals surface area contributed by atoms with Crippen LogP contribution in [0.2, 0.25) is 0 Å². The first-order valence-corrected chi connectivity index (χ1v) is 27.0. The molecular formula is C64H60F12N4+4. The van der Waals surface area contributed by atoms with Gasteiger partial charge in [0.05, 0.1) is 89.0 Å². The van der Waals surface area contributed by atoms with Crippen molar-refractivity contribution < 1.29 is 52.7 Å². The SMILES string of the molecule is CCc1c2[nH]c(c1CC)[C+](c1ccc(C(F)(F)F)cc1)c1[nH]c(c(CC)c1CC)[C+](c1ccc(C(F)(F)F)cc1)c1[nH]c(c(CC)c1CC)[C+](c1ccc(C(F)(F)F)cc1)c1[nH]c(c(CC)c1CC)[C+]2c1ccc(C(F)(F)F)cc1. The largest absolute Gasteiger partial charge is 0.417 e. The molecule has 0 saturated heterocycles. The van der Waals surface area contributed by atoms with E-state index >= 15 is 0 Å². The van der Waals surface area contributed by atoms with Crippen LogP contribution < -0.4 is 0 Å². The average Bonchev–Trinajstić information content (AvgIpc) is 4.34. The minimum absolute atomic E-state index is 0.380. The van der Waals surface area contributed by atoms with Crippen LogP contribution in [-0.4, -0.2) is 19.9 Å². The number of aromatic nitrogens is 4.